The number of dihydropyridines is 1. The standard InChI is InChI=1S/C23H27N3O5/c1-13-18(21(28)25-12-17(27)31-23(3,4)5)20(16-9-7-8-15(10-16)11-24)19(14(2)26-13)22(29)30-6/h7-10,20,26H,12H2,1-6H3,(H,25,28). The Bertz CT molecular complexity index is 1010. The molecule has 0 saturated heterocycles. The van der Waals surface area contributed by atoms with Crippen molar-refractivity contribution >= 4 is 17.8 Å². The molecule has 1 aromatic rings. The van der Waals surface area contributed by atoms with Crippen molar-refractivity contribution in [1.82, 2.24) is 10.6 Å². The van der Waals surface area contributed by atoms with Gasteiger partial charge in [-0.05, 0) is 52.3 Å². The van der Waals surface area contributed by atoms with Crippen LogP contribution in [0.2, 0.25) is 0 Å². The van der Waals surface area contributed by atoms with Crippen LogP contribution >= 0.6 is 0 Å². The maximum absolute atomic E-state index is 13.1. The topological polar surface area (TPSA) is 118 Å². The van der Waals surface area contributed by atoms with Crippen LogP contribution in [0.1, 0.15) is 51.7 Å². The van der Waals surface area contributed by atoms with Gasteiger partial charge in [-0.25, -0.2) is 4.79 Å². The van der Waals surface area contributed by atoms with Crippen molar-refractivity contribution in [3.63, 3.8) is 0 Å². The van der Waals surface area contributed by atoms with Crippen molar-refractivity contribution in [2.24, 2.45) is 0 Å². The van der Waals surface area contributed by atoms with Gasteiger partial charge in [0.05, 0.1) is 30.2 Å². The van der Waals surface area contributed by atoms with Gasteiger partial charge >= 0.3 is 11.9 Å². The lowest BCUT2D eigenvalue weighted by Gasteiger charge is -2.31. The maximum atomic E-state index is 13.1. The lowest BCUT2D eigenvalue weighted by Crippen LogP contribution is -2.39. The molecule has 0 aromatic heterocycles. The minimum atomic E-state index is -0.777. The van der Waals surface area contributed by atoms with E-state index in [0.717, 1.165) is 0 Å². The summed E-state index contributed by atoms with van der Waals surface area (Å²) >= 11 is 0. The first-order chi connectivity index (χ1) is 14.5. The number of hydrogen-bond donors (Lipinski definition) is 2. The summed E-state index contributed by atoms with van der Waals surface area (Å²) in [5.41, 5.74) is 1.88. The molecule has 0 fully saturated rings. The Balaban J connectivity index is 2.46. The van der Waals surface area contributed by atoms with Gasteiger partial charge in [-0.3, -0.25) is 9.59 Å². The van der Waals surface area contributed by atoms with Crippen LogP contribution in [0, 0.1) is 11.3 Å². The summed E-state index contributed by atoms with van der Waals surface area (Å²) in [4.78, 5) is 37.8. The number of rotatable bonds is 5. The van der Waals surface area contributed by atoms with Gasteiger partial charge in [0.15, 0.2) is 0 Å². The third-order valence-electron chi connectivity index (χ3n) is 4.57. The molecule has 8 nitrogen and oxygen atoms in total. The zero-order valence-corrected chi connectivity index (χ0v) is 18.6. The Morgan fingerprint density at radius 3 is 2.39 bits per heavy atom. The summed E-state index contributed by atoms with van der Waals surface area (Å²) in [5.74, 6) is -2.48. The molecule has 1 atom stereocenters. The molecular formula is C23H27N3O5. The number of nitrogens with zero attached hydrogens (tertiary/aromatic N) is 1. The van der Waals surface area contributed by atoms with E-state index in [4.69, 9.17) is 9.47 Å². The number of nitrogens with one attached hydrogen (secondary N) is 2. The van der Waals surface area contributed by atoms with Gasteiger partial charge in [0, 0.05) is 17.0 Å². The second-order valence-corrected chi connectivity index (χ2v) is 8.13. The molecule has 1 aromatic carbocycles. The summed E-state index contributed by atoms with van der Waals surface area (Å²) in [7, 11) is 1.26. The van der Waals surface area contributed by atoms with Gasteiger partial charge in [0.1, 0.15) is 12.1 Å². The summed E-state index contributed by atoms with van der Waals surface area (Å²) in [6, 6.07) is 8.75. The van der Waals surface area contributed by atoms with E-state index in [2.05, 4.69) is 16.7 Å². The van der Waals surface area contributed by atoms with Crippen molar-refractivity contribution in [2.45, 2.75) is 46.1 Å². The Morgan fingerprint density at radius 2 is 1.81 bits per heavy atom. The molecule has 0 saturated carbocycles. The average Bonchev–Trinajstić information content (AvgIpc) is 2.69. The highest BCUT2D eigenvalue weighted by Crippen LogP contribution is 2.38. The Morgan fingerprint density at radius 1 is 1.16 bits per heavy atom. The van der Waals surface area contributed by atoms with Crippen LogP contribution in [0.4, 0.5) is 0 Å². The zero-order chi connectivity index (χ0) is 23.3. The van der Waals surface area contributed by atoms with Crippen LogP contribution < -0.4 is 10.6 Å². The van der Waals surface area contributed by atoms with Crippen molar-refractivity contribution in [3.05, 3.63) is 57.9 Å². The molecule has 31 heavy (non-hydrogen) atoms. The Hall–Kier alpha value is -3.60. The normalized spacial score (nSPS) is 16.2. The number of esters is 2. The molecule has 1 heterocycles. The second-order valence-electron chi connectivity index (χ2n) is 8.13. The highest BCUT2D eigenvalue weighted by atomic mass is 16.6. The minimum Gasteiger partial charge on any atom is -0.466 e. The quantitative estimate of drug-likeness (QED) is 0.696. The summed E-state index contributed by atoms with van der Waals surface area (Å²) in [5, 5.41) is 14.9. The van der Waals surface area contributed by atoms with E-state index in [1.165, 1.54) is 7.11 Å². The van der Waals surface area contributed by atoms with Crippen LogP contribution in [0.3, 0.4) is 0 Å². The van der Waals surface area contributed by atoms with Crippen LogP contribution in [0.5, 0.6) is 0 Å². The number of hydrogen-bond acceptors (Lipinski definition) is 7. The van der Waals surface area contributed by atoms with Crippen LogP contribution in [-0.4, -0.2) is 37.1 Å². The molecule has 0 spiro atoms. The van der Waals surface area contributed by atoms with E-state index in [-0.39, 0.29) is 17.7 Å². The lowest BCUT2D eigenvalue weighted by atomic mass is 9.79. The van der Waals surface area contributed by atoms with Gasteiger partial charge in [-0.1, -0.05) is 12.1 Å². The predicted molar refractivity (Wildman–Crippen MR) is 113 cm³/mol. The van der Waals surface area contributed by atoms with E-state index in [1.54, 1.807) is 58.9 Å². The summed E-state index contributed by atoms with van der Waals surface area (Å²) in [6.45, 7) is 8.30. The van der Waals surface area contributed by atoms with E-state index in [0.29, 0.717) is 22.5 Å². The van der Waals surface area contributed by atoms with Gasteiger partial charge in [-0.2, -0.15) is 5.26 Å². The second kappa shape index (κ2) is 9.47. The molecule has 1 amide bonds. The molecule has 1 aliphatic heterocycles. The first-order valence-corrected chi connectivity index (χ1v) is 9.75. The van der Waals surface area contributed by atoms with Crippen molar-refractivity contribution in [3.8, 4) is 6.07 Å². The van der Waals surface area contributed by atoms with Crippen molar-refractivity contribution in [2.75, 3.05) is 13.7 Å². The minimum absolute atomic E-state index is 0.254. The fourth-order valence-electron chi connectivity index (χ4n) is 3.42. The molecule has 164 valence electrons. The van der Waals surface area contributed by atoms with Crippen LogP contribution in [0.25, 0.3) is 0 Å². The first-order valence-electron chi connectivity index (χ1n) is 9.75. The number of ether oxygens (including phenoxy) is 2. The van der Waals surface area contributed by atoms with E-state index in [9.17, 15) is 19.6 Å². The third-order valence-corrected chi connectivity index (χ3v) is 4.57. The van der Waals surface area contributed by atoms with Crippen LogP contribution in [-0.2, 0) is 23.9 Å². The van der Waals surface area contributed by atoms with Crippen molar-refractivity contribution in [1.29, 1.82) is 5.26 Å². The number of benzene rings is 1. The zero-order valence-electron chi connectivity index (χ0n) is 18.6. The summed E-state index contributed by atoms with van der Waals surface area (Å²) < 4.78 is 10.2. The number of nitriles is 1. The number of carbonyl (C=O) groups excluding carboxylic acids is 3. The third kappa shape index (κ3) is 5.72. The molecule has 2 N–H and O–H groups in total. The number of allylic oxidation sites excluding steroid dienone is 2. The van der Waals surface area contributed by atoms with E-state index in [1.807, 2.05) is 0 Å². The number of amides is 1. The molecule has 0 radical (unpaired) electrons. The Kier molecular flexibility index (Phi) is 7.24. The molecule has 1 aliphatic rings. The molecule has 2 rings (SSSR count). The predicted octanol–water partition coefficient (Wildman–Crippen LogP) is 2.42. The summed E-state index contributed by atoms with van der Waals surface area (Å²) in [6.07, 6.45) is 0. The molecule has 0 bridgehead atoms. The monoisotopic (exact) mass is 425 g/mol. The van der Waals surface area contributed by atoms with E-state index < -0.39 is 29.4 Å². The molecule has 1 unspecified atom stereocenters. The molecule has 8 heteroatoms. The largest absolute Gasteiger partial charge is 0.466 e. The van der Waals surface area contributed by atoms with Gasteiger partial charge in [0.2, 0.25) is 5.91 Å². The fraction of sp³-hybridized carbons (Fsp3) is 0.391. The Labute approximate surface area is 181 Å². The van der Waals surface area contributed by atoms with E-state index >= 15 is 0 Å². The molecule has 0 aliphatic carbocycles. The van der Waals surface area contributed by atoms with Gasteiger partial charge in [0.25, 0.3) is 0 Å². The maximum Gasteiger partial charge on any atom is 0.336 e. The smallest absolute Gasteiger partial charge is 0.336 e. The average molecular weight is 425 g/mol. The number of methoxy groups -OCH3 is 1. The molecular weight excluding hydrogens is 398 g/mol. The van der Waals surface area contributed by atoms with Crippen molar-refractivity contribution < 1.29 is 23.9 Å². The van der Waals surface area contributed by atoms with Gasteiger partial charge < -0.3 is 20.1 Å². The lowest BCUT2D eigenvalue weighted by molar-refractivity contribution is -0.154. The number of carbonyl (C=O) groups is 3. The highest BCUT2D eigenvalue weighted by Gasteiger charge is 2.37. The highest BCUT2D eigenvalue weighted by molar-refractivity contribution is 6.02. The van der Waals surface area contributed by atoms with Crippen LogP contribution in [0.15, 0.2) is 46.8 Å². The first kappa shape index (κ1) is 23.7. The van der Waals surface area contributed by atoms with Gasteiger partial charge in [-0.15, -0.1) is 0 Å². The SMILES string of the molecule is COC(=O)C1=C(C)NC(C)=C(C(=O)NCC(=O)OC(C)(C)C)C1c1cccc(C#N)c1. The fourth-order valence-corrected chi connectivity index (χ4v) is 3.42.